The van der Waals surface area contributed by atoms with Gasteiger partial charge in [-0.25, -0.2) is 0 Å². The van der Waals surface area contributed by atoms with E-state index in [2.05, 4.69) is 6.58 Å². The predicted octanol–water partition coefficient (Wildman–Crippen LogP) is 1.38. The Bertz CT molecular complexity index is 334. The molecule has 0 spiro atoms. The van der Waals surface area contributed by atoms with Crippen LogP contribution in [0, 0.1) is 6.92 Å². The highest BCUT2D eigenvalue weighted by atomic mass is 16.3. The zero-order chi connectivity index (χ0) is 10.0. The van der Waals surface area contributed by atoms with Crippen molar-refractivity contribution in [2.45, 2.75) is 13.0 Å². The van der Waals surface area contributed by atoms with E-state index in [0.29, 0.717) is 16.9 Å². The van der Waals surface area contributed by atoms with Gasteiger partial charge in [0.05, 0.1) is 6.10 Å². The average molecular weight is 178 g/mol. The molecule has 1 unspecified atom stereocenters. The lowest BCUT2D eigenvalue weighted by Gasteiger charge is -2.12. The van der Waals surface area contributed by atoms with E-state index in [1.807, 2.05) is 6.92 Å². The molecule has 0 aliphatic rings. The summed E-state index contributed by atoms with van der Waals surface area (Å²) in [6, 6.07) is 3.38. The van der Waals surface area contributed by atoms with Crippen molar-refractivity contribution in [1.82, 2.24) is 0 Å². The van der Waals surface area contributed by atoms with Gasteiger partial charge in [0.15, 0.2) is 0 Å². The topological polar surface area (TPSA) is 72.3 Å². The Labute approximate surface area is 77.7 Å². The summed E-state index contributed by atoms with van der Waals surface area (Å²) in [5.74, 6) is 0. The summed E-state index contributed by atoms with van der Waals surface area (Å²) < 4.78 is 0. The molecule has 0 amide bonds. The second kappa shape index (κ2) is 3.49. The van der Waals surface area contributed by atoms with Crippen LogP contribution in [0.25, 0.3) is 0 Å². The minimum Gasteiger partial charge on any atom is -0.399 e. The molecule has 1 aromatic rings. The minimum absolute atomic E-state index is 0.555. The van der Waals surface area contributed by atoms with Gasteiger partial charge < -0.3 is 16.6 Å². The van der Waals surface area contributed by atoms with Gasteiger partial charge in [0.1, 0.15) is 0 Å². The highest BCUT2D eigenvalue weighted by molar-refractivity contribution is 5.60. The van der Waals surface area contributed by atoms with E-state index in [0.717, 1.165) is 5.56 Å². The smallest absolute Gasteiger partial charge is 0.0973 e. The Morgan fingerprint density at radius 2 is 2.08 bits per heavy atom. The second-order valence-corrected chi connectivity index (χ2v) is 3.00. The quantitative estimate of drug-likeness (QED) is 0.473. The summed E-state index contributed by atoms with van der Waals surface area (Å²) >= 11 is 0. The van der Waals surface area contributed by atoms with E-state index < -0.39 is 6.10 Å². The van der Waals surface area contributed by atoms with Crippen molar-refractivity contribution in [3.63, 3.8) is 0 Å². The lowest BCUT2D eigenvalue weighted by molar-refractivity contribution is 0.228. The fraction of sp³-hybridized carbons (Fsp3) is 0.200. The molecule has 0 saturated heterocycles. The van der Waals surface area contributed by atoms with Gasteiger partial charge in [0.2, 0.25) is 0 Å². The third-order valence-corrected chi connectivity index (χ3v) is 2.05. The van der Waals surface area contributed by atoms with Crippen molar-refractivity contribution < 1.29 is 5.11 Å². The van der Waals surface area contributed by atoms with Crippen molar-refractivity contribution >= 4 is 11.4 Å². The molecule has 0 saturated carbocycles. The standard InChI is InChI=1S/C10H14N2O/c1-3-10(13)8-4-7(11)5-9(12)6(8)2/h3-5,10,13H,1,11-12H2,2H3. The van der Waals surface area contributed by atoms with Gasteiger partial charge >= 0.3 is 0 Å². The van der Waals surface area contributed by atoms with Gasteiger partial charge in [0, 0.05) is 11.4 Å². The predicted molar refractivity (Wildman–Crippen MR) is 55.2 cm³/mol. The zero-order valence-corrected chi connectivity index (χ0v) is 7.62. The summed E-state index contributed by atoms with van der Waals surface area (Å²) in [4.78, 5) is 0. The molecular formula is C10H14N2O. The van der Waals surface area contributed by atoms with Gasteiger partial charge in [-0.15, -0.1) is 6.58 Å². The Kier molecular flexibility index (Phi) is 2.58. The fourth-order valence-electron chi connectivity index (χ4n) is 1.22. The number of rotatable bonds is 2. The number of hydrogen-bond donors (Lipinski definition) is 3. The Morgan fingerprint density at radius 1 is 1.46 bits per heavy atom. The minimum atomic E-state index is -0.703. The molecule has 3 heteroatoms. The number of anilines is 2. The number of aliphatic hydroxyl groups is 1. The molecule has 13 heavy (non-hydrogen) atoms. The first-order valence-corrected chi connectivity index (χ1v) is 4.02. The van der Waals surface area contributed by atoms with Gasteiger partial charge in [0.25, 0.3) is 0 Å². The largest absolute Gasteiger partial charge is 0.399 e. The van der Waals surface area contributed by atoms with Gasteiger partial charge in [-0.2, -0.15) is 0 Å². The third-order valence-electron chi connectivity index (χ3n) is 2.05. The lowest BCUT2D eigenvalue weighted by Crippen LogP contribution is -2.02. The molecule has 0 heterocycles. The molecule has 0 aliphatic heterocycles. The molecule has 0 aromatic heterocycles. The van der Waals surface area contributed by atoms with Crippen LogP contribution in [-0.4, -0.2) is 5.11 Å². The highest BCUT2D eigenvalue weighted by Gasteiger charge is 2.09. The Hall–Kier alpha value is -1.48. The fourth-order valence-corrected chi connectivity index (χ4v) is 1.22. The first-order valence-electron chi connectivity index (χ1n) is 4.02. The van der Waals surface area contributed by atoms with E-state index in [1.54, 1.807) is 12.1 Å². The molecule has 1 atom stereocenters. The molecule has 3 nitrogen and oxygen atoms in total. The van der Waals surface area contributed by atoms with Gasteiger partial charge in [-0.3, -0.25) is 0 Å². The summed E-state index contributed by atoms with van der Waals surface area (Å²) in [5.41, 5.74) is 14.0. The molecule has 0 radical (unpaired) electrons. The van der Waals surface area contributed by atoms with Crippen molar-refractivity contribution in [3.05, 3.63) is 35.9 Å². The Morgan fingerprint density at radius 3 is 2.62 bits per heavy atom. The Balaban J connectivity index is 3.27. The first kappa shape index (κ1) is 9.61. The normalized spacial score (nSPS) is 12.5. The second-order valence-electron chi connectivity index (χ2n) is 3.00. The average Bonchev–Trinajstić information content (AvgIpc) is 2.10. The number of benzene rings is 1. The van der Waals surface area contributed by atoms with E-state index in [-0.39, 0.29) is 0 Å². The molecule has 0 aliphatic carbocycles. The molecule has 0 bridgehead atoms. The molecule has 1 rings (SSSR count). The van der Waals surface area contributed by atoms with Crippen molar-refractivity contribution in [2.75, 3.05) is 11.5 Å². The van der Waals surface area contributed by atoms with Crippen LogP contribution in [0.4, 0.5) is 11.4 Å². The highest BCUT2D eigenvalue weighted by Crippen LogP contribution is 2.26. The van der Waals surface area contributed by atoms with E-state index in [1.165, 1.54) is 6.08 Å². The molecule has 5 N–H and O–H groups in total. The van der Waals surface area contributed by atoms with Crippen LogP contribution in [-0.2, 0) is 0 Å². The summed E-state index contributed by atoms with van der Waals surface area (Å²) in [7, 11) is 0. The zero-order valence-electron chi connectivity index (χ0n) is 7.62. The van der Waals surface area contributed by atoms with Gasteiger partial charge in [-0.1, -0.05) is 6.08 Å². The van der Waals surface area contributed by atoms with Crippen molar-refractivity contribution in [1.29, 1.82) is 0 Å². The number of nitrogen functional groups attached to an aromatic ring is 2. The van der Waals surface area contributed by atoms with Crippen molar-refractivity contribution in [2.24, 2.45) is 0 Å². The van der Waals surface area contributed by atoms with Crippen LogP contribution in [0.15, 0.2) is 24.8 Å². The maximum absolute atomic E-state index is 9.53. The molecular weight excluding hydrogens is 164 g/mol. The molecule has 70 valence electrons. The maximum atomic E-state index is 9.53. The third kappa shape index (κ3) is 1.81. The first-order chi connectivity index (χ1) is 6.06. The van der Waals surface area contributed by atoms with Crippen LogP contribution in [0.1, 0.15) is 17.2 Å². The summed E-state index contributed by atoms with van der Waals surface area (Å²) in [6.07, 6.45) is 0.743. The summed E-state index contributed by atoms with van der Waals surface area (Å²) in [5, 5.41) is 9.53. The van der Waals surface area contributed by atoms with Crippen LogP contribution in [0.3, 0.4) is 0 Å². The van der Waals surface area contributed by atoms with Crippen LogP contribution >= 0.6 is 0 Å². The van der Waals surface area contributed by atoms with Gasteiger partial charge in [-0.05, 0) is 30.2 Å². The van der Waals surface area contributed by atoms with Crippen LogP contribution in [0.2, 0.25) is 0 Å². The summed E-state index contributed by atoms with van der Waals surface area (Å²) in [6.45, 7) is 5.35. The number of nitrogens with two attached hydrogens (primary N) is 2. The lowest BCUT2D eigenvalue weighted by atomic mass is 10.0. The SMILES string of the molecule is C=CC(O)c1cc(N)cc(N)c1C. The molecule has 0 fully saturated rings. The number of aliphatic hydroxyl groups excluding tert-OH is 1. The molecule has 1 aromatic carbocycles. The van der Waals surface area contributed by atoms with E-state index in [4.69, 9.17) is 11.5 Å². The maximum Gasteiger partial charge on any atom is 0.0973 e. The number of hydrogen-bond acceptors (Lipinski definition) is 3. The van der Waals surface area contributed by atoms with E-state index >= 15 is 0 Å². The van der Waals surface area contributed by atoms with Crippen LogP contribution < -0.4 is 11.5 Å². The van der Waals surface area contributed by atoms with Crippen LogP contribution in [0.5, 0.6) is 0 Å². The van der Waals surface area contributed by atoms with Crippen molar-refractivity contribution in [3.8, 4) is 0 Å². The van der Waals surface area contributed by atoms with E-state index in [9.17, 15) is 5.11 Å². The monoisotopic (exact) mass is 178 g/mol.